The first-order valence-corrected chi connectivity index (χ1v) is 13.5. The van der Waals surface area contributed by atoms with Crippen LogP contribution < -0.4 is 5.32 Å². The molecule has 4 aromatic rings. The van der Waals surface area contributed by atoms with Crippen LogP contribution in [0.15, 0.2) is 78.1 Å². The molecule has 0 fully saturated rings. The minimum Gasteiger partial charge on any atom is -0.460 e. The highest BCUT2D eigenvalue weighted by Gasteiger charge is 2.22. The van der Waals surface area contributed by atoms with Crippen LogP contribution in [0.25, 0.3) is 0 Å². The number of carbonyl (C=O) groups is 2. The highest BCUT2D eigenvalue weighted by Crippen LogP contribution is 2.21. The van der Waals surface area contributed by atoms with Gasteiger partial charge < -0.3 is 20.1 Å². The van der Waals surface area contributed by atoms with Crippen LogP contribution in [0.3, 0.4) is 0 Å². The van der Waals surface area contributed by atoms with Gasteiger partial charge in [-0.05, 0) is 48.2 Å². The summed E-state index contributed by atoms with van der Waals surface area (Å²) in [6.07, 6.45) is 3.09. The van der Waals surface area contributed by atoms with Crippen molar-refractivity contribution in [3.05, 3.63) is 95.6 Å². The van der Waals surface area contributed by atoms with Crippen molar-refractivity contribution in [2.24, 2.45) is 5.92 Å². The van der Waals surface area contributed by atoms with Crippen LogP contribution in [0, 0.1) is 5.92 Å². The monoisotopic (exact) mass is 533 g/mol. The summed E-state index contributed by atoms with van der Waals surface area (Å²) < 4.78 is 7.36. The fourth-order valence-corrected chi connectivity index (χ4v) is 4.66. The van der Waals surface area contributed by atoms with Crippen LogP contribution in [-0.2, 0) is 29.1 Å². The number of amides is 1. The number of aromatic amines is 1. The Kier molecular flexibility index (Phi) is 9.71. The lowest BCUT2D eigenvalue weighted by molar-refractivity contribution is -0.121. The van der Waals surface area contributed by atoms with E-state index in [-0.39, 0.29) is 19.1 Å². The first-order valence-electron chi connectivity index (χ1n) is 12.5. The topological polar surface area (TPSA) is 122 Å². The molecule has 2 heterocycles. The molecule has 1 unspecified atom stereocenters. The second kappa shape index (κ2) is 13.6. The van der Waals surface area contributed by atoms with Gasteiger partial charge in [0.15, 0.2) is 11.0 Å². The van der Waals surface area contributed by atoms with Gasteiger partial charge in [-0.1, -0.05) is 61.2 Å². The molecule has 1 amide bonds. The van der Waals surface area contributed by atoms with Crippen molar-refractivity contribution in [1.82, 2.24) is 19.7 Å². The van der Waals surface area contributed by atoms with E-state index < -0.39 is 11.9 Å². The molecular formula is C28H31N5O4S. The minimum atomic E-state index is -0.571. The third-order valence-corrected chi connectivity index (χ3v) is 7.03. The molecule has 0 spiro atoms. The van der Waals surface area contributed by atoms with Crippen molar-refractivity contribution in [3.8, 4) is 0 Å². The molecule has 38 heavy (non-hydrogen) atoms. The summed E-state index contributed by atoms with van der Waals surface area (Å²) >= 11 is 1.61. The average Bonchev–Trinajstić information content (AvgIpc) is 3.62. The summed E-state index contributed by atoms with van der Waals surface area (Å²) in [5, 5.41) is 21.7. The number of nitrogens with zero attached hydrogens (tertiary/aromatic N) is 3. The van der Waals surface area contributed by atoms with Gasteiger partial charge in [-0.2, -0.15) is 0 Å². The lowest BCUT2D eigenvalue weighted by Crippen LogP contribution is -2.29. The van der Waals surface area contributed by atoms with Gasteiger partial charge in [0.05, 0.1) is 12.5 Å². The molecule has 10 heteroatoms. The Bertz CT molecular complexity index is 1310. The van der Waals surface area contributed by atoms with Crippen LogP contribution in [0.5, 0.6) is 0 Å². The zero-order chi connectivity index (χ0) is 26.7. The van der Waals surface area contributed by atoms with Crippen molar-refractivity contribution in [3.63, 3.8) is 0 Å². The van der Waals surface area contributed by atoms with Crippen LogP contribution in [0.4, 0.5) is 5.69 Å². The number of hydrogen-bond donors (Lipinski definition) is 3. The van der Waals surface area contributed by atoms with Gasteiger partial charge in [-0.15, -0.1) is 10.2 Å². The van der Waals surface area contributed by atoms with Gasteiger partial charge in [0.1, 0.15) is 18.9 Å². The summed E-state index contributed by atoms with van der Waals surface area (Å²) in [6, 6.07) is 20.5. The Morgan fingerprint density at radius 3 is 2.53 bits per heavy atom. The lowest BCUT2D eigenvalue weighted by atomic mass is 9.99. The zero-order valence-electron chi connectivity index (χ0n) is 21.2. The fourth-order valence-electron chi connectivity index (χ4n) is 3.85. The Hall–Kier alpha value is -3.89. The Labute approximate surface area is 225 Å². The SMILES string of the molecule is CCCSc1nnc(CO)n1Cc1ccc(NC(=O)C(COC(=O)c2ccc[nH]2)Cc2ccccc2)cc1. The molecule has 3 N–H and O–H groups in total. The van der Waals surface area contributed by atoms with Crippen molar-refractivity contribution in [2.75, 3.05) is 17.7 Å². The molecule has 0 bridgehead atoms. The number of anilines is 1. The fraction of sp³-hybridized carbons (Fsp3) is 0.286. The quantitative estimate of drug-likeness (QED) is 0.173. The highest BCUT2D eigenvalue weighted by atomic mass is 32.2. The minimum absolute atomic E-state index is 0.0492. The van der Waals surface area contributed by atoms with Crippen LogP contribution in [-0.4, -0.2) is 49.1 Å². The van der Waals surface area contributed by atoms with Crippen molar-refractivity contribution < 1.29 is 19.4 Å². The van der Waals surface area contributed by atoms with Gasteiger partial charge >= 0.3 is 5.97 Å². The van der Waals surface area contributed by atoms with Gasteiger partial charge in [0.2, 0.25) is 5.91 Å². The van der Waals surface area contributed by atoms with Crippen LogP contribution >= 0.6 is 11.8 Å². The van der Waals surface area contributed by atoms with E-state index in [9.17, 15) is 14.7 Å². The molecule has 0 saturated heterocycles. The maximum atomic E-state index is 13.2. The molecule has 9 nitrogen and oxygen atoms in total. The average molecular weight is 534 g/mol. The smallest absolute Gasteiger partial charge is 0.354 e. The number of H-pyrrole nitrogens is 1. The summed E-state index contributed by atoms with van der Waals surface area (Å²) in [7, 11) is 0. The summed E-state index contributed by atoms with van der Waals surface area (Å²) in [6.45, 7) is 2.37. The number of nitrogens with one attached hydrogen (secondary N) is 2. The third kappa shape index (κ3) is 7.33. The van der Waals surface area contributed by atoms with Gasteiger partial charge in [-0.3, -0.25) is 9.36 Å². The molecule has 2 aromatic heterocycles. The van der Waals surface area contributed by atoms with E-state index in [4.69, 9.17) is 4.74 Å². The maximum absolute atomic E-state index is 13.2. The van der Waals surface area contributed by atoms with Crippen molar-refractivity contribution in [1.29, 1.82) is 0 Å². The molecule has 2 aromatic carbocycles. The Morgan fingerprint density at radius 1 is 1.05 bits per heavy atom. The predicted molar refractivity (Wildman–Crippen MR) is 146 cm³/mol. The first-order chi connectivity index (χ1) is 18.6. The Balaban J connectivity index is 1.42. The lowest BCUT2D eigenvalue weighted by Gasteiger charge is -2.17. The number of ether oxygens (including phenoxy) is 1. The molecule has 0 radical (unpaired) electrons. The van der Waals surface area contributed by atoms with Gasteiger partial charge in [0, 0.05) is 17.6 Å². The van der Waals surface area contributed by atoms with Gasteiger partial charge in [-0.25, -0.2) is 4.79 Å². The number of esters is 1. The maximum Gasteiger partial charge on any atom is 0.354 e. The van der Waals surface area contributed by atoms with E-state index in [1.165, 1.54) is 0 Å². The normalized spacial score (nSPS) is 11.7. The zero-order valence-corrected chi connectivity index (χ0v) is 22.0. The largest absolute Gasteiger partial charge is 0.460 e. The van der Waals surface area contributed by atoms with Crippen molar-refractivity contribution >= 4 is 29.3 Å². The number of aliphatic hydroxyl groups excluding tert-OH is 1. The molecule has 4 rings (SSSR count). The molecule has 0 aliphatic rings. The molecule has 198 valence electrons. The van der Waals surface area contributed by atoms with E-state index in [1.807, 2.05) is 59.2 Å². The highest BCUT2D eigenvalue weighted by molar-refractivity contribution is 7.99. The van der Waals surface area contributed by atoms with Crippen LogP contribution in [0.1, 0.15) is 40.8 Å². The third-order valence-electron chi connectivity index (χ3n) is 5.86. The number of carbonyl (C=O) groups excluding carboxylic acids is 2. The Morgan fingerprint density at radius 2 is 1.84 bits per heavy atom. The number of benzene rings is 2. The number of rotatable bonds is 13. The predicted octanol–water partition coefficient (Wildman–Crippen LogP) is 4.30. The van der Waals surface area contributed by atoms with E-state index in [2.05, 4.69) is 27.4 Å². The number of aliphatic hydroxyl groups is 1. The van der Waals surface area contributed by atoms with Crippen molar-refractivity contribution in [2.45, 2.75) is 38.1 Å². The van der Waals surface area contributed by atoms with E-state index >= 15 is 0 Å². The molecule has 1 atom stereocenters. The standard InChI is InChI=1S/C28H31N5O4S/c1-2-15-38-28-32-31-25(18-34)33(28)17-21-10-12-23(13-11-21)30-26(35)22(16-20-7-4-3-5-8-20)19-37-27(36)24-9-6-14-29-24/h3-14,22,29,34H,2,15-19H2,1H3,(H,30,35). The number of hydrogen-bond acceptors (Lipinski definition) is 7. The summed E-state index contributed by atoms with van der Waals surface area (Å²) in [5.41, 5.74) is 2.94. The van der Waals surface area contributed by atoms with Crippen LogP contribution in [0.2, 0.25) is 0 Å². The number of aromatic nitrogens is 4. The van der Waals surface area contributed by atoms with E-state index in [1.54, 1.807) is 30.1 Å². The first kappa shape index (κ1) is 27.2. The molecule has 0 saturated carbocycles. The second-order valence-corrected chi connectivity index (χ2v) is 9.81. The number of thioether (sulfide) groups is 1. The molecule has 0 aliphatic carbocycles. The summed E-state index contributed by atoms with van der Waals surface area (Å²) in [4.78, 5) is 28.4. The van der Waals surface area contributed by atoms with E-state index in [0.717, 1.165) is 28.5 Å². The molecule has 0 aliphatic heterocycles. The summed E-state index contributed by atoms with van der Waals surface area (Å²) in [5.74, 6) is 0.120. The van der Waals surface area contributed by atoms with E-state index in [0.29, 0.717) is 30.2 Å². The second-order valence-electron chi connectivity index (χ2n) is 8.75. The molecular weight excluding hydrogens is 502 g/mol. The van der Waals surface area contributed by atoms with Gasteiger partial charge in [0.25, 0.3) is 0 Å².